The van der Waals surface area contributed by atoms with Gasteiger partial charge in [-0.05, 0) is 13.0 Å². The number of rotatable bonds is 5. The van der Waals surface area contributed by atoms with Crippen LogP contribution in [0.5, 0.6) is 0 Å². The number of esters is 1. The number of ether oxygens (including phenoxy) is 1. The van der Waals surface area contributed by atoms with Crippen LogP contribution in [0.15, 0.2) is 18.2 Å². The second-order valence-corrected chi connectivity index (χ2v) is 3.12. The lowest BCUT2D eigenvalue weighted by Gasteiger charge is -2.03. The number of carbonyl (C=O) groups excluding carboxylic acids is 1. The van der Waals surface area contributed by atoms with E-state index in [1.807, 2.05) is 0 Å². The normalized spacial score (nSPS) is 9.83. The van der Waals surface area contributed by atoms with Gasteiger partial charge in [-0.2, -0.15) is 0 Å². The van der Waals surface area contributed by atoms with Crippen LogP contribution in [0.25, 0.3) is 0 Å². The molecule has 0 heterocycles. The van der Waals surface area contributed by atoms with E-state index in [4.69, 9.17) is 0 Å². The molecule has 0 aromatic heterocycles. The number of hydrogen-bond donors (Lipinski definition) is 0. The molecule has 8 heteroatoms. The largest absolute Gasteiger partial charge is 0.465 e. The smallest absolute Gasteiger partial charge is 0.315 e. The Morgan fingerprint density at radius 3 is 2.17 bits per heavy atom. The summed E-state index contributed by atoms with van der Waals surface area (Å²) < 4.78 is 4.58. The highest BCUT2D eigenvalue weighted by Gasteiger charge is 2.27. The molecule has 95 valence electrons. The Hall–Kier alpha value is -2.51. The zero-order chi connectivity index (χ0) is 13.7. The fourth-order valence-electron chi connectivity index (χ4n) is 1.31. The zero-order valence-electron chi connectivity index (χ0n) is 9.36. The van der Waals surface area contributed by atoms with Crippen LogP contribution >= 0.6 is 0 Å². The fourth-order valence-corrected chi connectivity index (χ4v) is 1.31. The minimum atomic E-state index is -0.866. The molecule has 0 saturated heterocycles. The molecule has 1 aromatic rings. The fraction of sp³-hybridized carbons (Fsp3) is 0.200. The van der Waals surface area contributed by atoms with Gasteiger partial charge < -0.3 is 4.74 Å². The average molecular weight is 253 g/mol. The van der Waals surface area contributed by atoms with Crippen molar-refractivity contribution in [1.29, 1.82) is 0 Å². The number of carbonyl (C=O) groups is 1. The van der Waals surface area contributed by atoms with E-state index in [-0.39, 0.29) is 12.2 Å². The van der Waals surface area contributed by atoms with Crippen molar-refractivity contribution in [2.75, 3.05) is 6.61 Å². The van der Waals surface area contributed by atoms with Crippen molar-refractivity contribution in [2.24, 2.45) is 0 Å². The molecule has 0 spiro atoms. The van der Waals surface area contributed by atoms with Crippen LogP contribution in [-0.2, 0) is 9.53 Å². The lowest BCUT2D eigenvalue weighted by molar-refractivity contribution is -0.395. The monoisotopic (exact) mass is 253 g/mol. The second kappa shape index (κ2) is 5.71. The summed E-state index contributed by atoms with van der Waals surface area (Å²) in [5.41, 5.74) is -1.40. The van der Waals surface area contributed by atoms with Crippen molar-refractivity contribution >= 4 is 17.3 Å². The molecular formula is C10H9N2O6. The molecule has 0 atom stereocenters. The molecule has 1 rings (SSSR count). The first kappa shape index (κ1) is 13.6. The molecule has 0 amide bonds. The van der Waals surface area contributed by atoms with Crippen LogP contribution in [0, 0.1) is 26.6 Å². The van der Waals surface area contributed by atoms with E-state index in [0.29, 0.717) is 0 Å². The zero-order valence-corrected chi connectivity index (χ0v) is 9.36. The highest BCUT2D eigenvalue weighted by Crippen LogP contribution is 2.29. The molecule has 0 saturated carbocycles. The van der Waals surface area contributed by atoms with Crippen molar-refractivity contribution in [3.05, 3.63) is 50.4 Å². The summed E-state index contributed by atoms with van der Waals surface area (Å²) in [6, 6.07) is 3.34. The first-order chi connectivity index (χ1) is 8.47. The lowest BCUT2D eigenvalue weighted by atomic mass is 10.1. The van der Waals surface area contributed by atoms with E-state index < -0.39 is 27.2 Å². The number of hydrogen-bond acceptors (Lipinski definition) is 6. The summed E-state index contributed by atoms with van der Waals surface area (Å²) in [4.78, 5) is 31.1. The molecule has 1 radical (unpaired) electrons. The Bertz CT molecular complexity index is 467. The number of benzene rings is 1. The predicted molar refractivity (Wildman–Crippen MR) is 59.8 cm³/mol. The molecule has 0 aliphatic rings. The van der Waals surface area contributed by atoms with Crippen LogP contribution in [0.1, 0.15) is 12.5 Å². The summed E-state index contributed by atoms with van der Waals surface area (Å²) in [6.07, 6.45) is 0.750. The summed E-state index contributed by atoms with van der Waals surface area (Å²) in [6.45, 7) is 1.63. The van der Waals surface area contributed by atoms with E-state index in [1.165, 1.54) is 6.07 Å². The van der Waals surface area contributed by atoms with Gasteiger partial charge in [0.15, 0.2) is 0 Å². The molecule has 0 unspecified atom stereocenters. The van der Waals surface area contributed by atoms with Crippen LogP contribution in [0.3, 0.4) is 0 Å². The predicted octanol–water partition coefficient (Wildman–Crippen LogP) is 1.62. The Labute approximate surface area is 101 Å². The summed E-state index contributed by atoms with van der Waals surface area (Å²) in [7, 11) is 0. The maximum absolute atomic E-state index is 11.2. The van der Waals surface area contributed by atoms with Gasteiger partial charge in [-0.25, -0.2) is 0 Å². The molecule has 8 nitrogen and oxygen atoms in total. The van der Waals surface area contributed by atoms with E-state index >= 15 is 0 Å². The SMILES string of the molecule is CCOC(=O)[CH]c1c([N+](=O)[O-])cccc1[N+](=O)[O-]. The Balaban J connectivity index is 3.23. The minimum Gasteiger partial charge on any atom is -0.465 e. The van der Waals surface area contributed by atoms with Gasteiger partial charge in [0.2, 0.25) is 0 Å². The number of nitrogens with zero attached hydrogens (tertiary/aromatic N) is 2. The van der Waals surface area contributed by atoms with Gasteiger partial charge in [-0.1, -0.05) is 0 Å². The third kappa shape index (κ3) is 3.00. The summed E-state index contributed by atoms with van der Waals surface area (Å²) >= 11 is 0. The molecule has 0 N–H and O–H groups in total. The summed E-state index contributed by atoms with van der Waals surface area (Å²) in [5.74, 6) is -0.866. The van der Waals surface area contributed by atoms with Crippen molar-refractivity contribution in [1.82, 2.24) is 0 Å². The number of nitro groups is 2. The topological polar surface area (TPSA) is 113 Å². The first-order valence-corrected chi connectivity index (χ1v) is 4.90. The van der Waals surface area contributed by atoms with Gasteiger partial charge in [-0.3, -0.25) is 25.0 Å². The van der Waals surface area contributed by atoms with Crippen molar-refractivity contribution in [3.8, 4) is 0 Å². The van der Waals surface area contributed by atoms with Gasteiger partial charge in [0, 0.05) is 12.1 Å². The van der Waals surface area contributed by atoms with Crippen LogP contribution < -0.4 is 0 Å². The first-order valence-electron chi connectivity index (χ1n) is 4.90. The Morgan fingerprint density at radius 2 is 1.78 bits per heavy atom. The van der Waals surface area contributed by atoms with Gasteiger partial charge in [0.05, 0.1) is 16.5 Å². The Kier molecular flexibility index (Phi) is 4.30. The van der Waals surface area contributed by atoms with Crippen molar-refractivity contribution < 1.29 is 19.4 Å². The highest BCUT2D eigenvalue weighted by molar-refractivity contribution is 5.87. The van der Waals surface area contributed by atoms with Crippen LogP contribution in [0.4, 0.5) is 11.4 Å². The van der Waals surface area contributed by atoms with Gasteiger partial charge in [0.1, 0.15) is 12.0 Å². The standard InChI is InChI=1S/C10H9N2O6/c1-2-18-10(13)6-7-8(11(14)15)4-3-5-9(7)12(16)17/h3-6H,2H2,1H3. The molecule has 0 aliphatic carbocycles. The van der Waals surface area contributed by atoms with E-state index in [9.17, 15) is 25.0 Å². The highest BCUT2D eigenvalue weighted by atomic mass is 16.6. The summed E-state index contributed by atoms with van der Waals surface area (Å²) in [5, 5.41) is 21.5. The van der Waals surface area contributed by atoms with E-state index in [0.717, 1.165) is 18.6 Å². The van der Waals surface area contributed by atoms with Crippen LogP contribution in [-0.4, -0.2) is 22.4 Å². The van der Waals surface area contributed by atoms with Crippen molar-refractivity contribution in [3.63, 3.8) is 0 Å². The van der Waals surface area contributed by atoms with Gasteiger partial charge in [-0.15, -0.1) is 0 Å². The minimum absolute atomic E-state index is 0.0732. The van der Waals surface area contributed by atoms with Crippen LogP contribution in [0.2, 0.25) is 0 Å². The maximum Gasteiger partial charge on any atom is 0.315 e. The quantitative estimate of drug-likeness (QED) is 0.447. The van der Waals surface area contributed by atoms with Gasteiger partial charge >= 0.3 is 5.97 Å². The Morgan fingerprint density at radius 1 is 1.28 bits per heavy atom. The molecule has 1 aromatic carbocycles. The lowest BCUT2D eigenvalue weighted by Crippen LogP contribution is -2.09. The molecule has 0 aliphatic heterocycles. The third-order valence-electron chi connectivity index (χ3n) is 2.00. The molecule has 0 fully saturated rings. The number of nitro benzene ring substituents is 2. The maximum atomic E-state index is 11.2. The average Bonchev–Trinajstić information content (AvgIpc) is 2.28. The second-order valence-electron chi connectivity index (χ2n) is 3.12. The van der Waals surface area contributed by atoms with Crippen molar-refractivity contribution in [2.45, 2.75) is 6.92 Å². The molecular weight excluding hydrogens is 244 g/mol. The van der Waals surface area contributed by atoms with E-state index in [2.05, 4.69) is 4.74 Å². The molecule has 18 heavy (non-hydrogen) atoms. The third-order valence-corrected chi connectivity index (χ3v) is 2.00. The van der Waals surface area contributed by atoms with Gasteiger partial charge in [0.25, 0.3) is 11.4 Å². The molecule has 0 bridgehead atoms. The van der Waals surface area contributed by atoms with E-state index in [1.54, 1.807) is 6.92 Å².